The number of rotatable bonds is 2. The Labute approximate surface area is 105 Å². The number of nitrogens with zero attached hydrogens (tertiary/aromatic N) is 4. The van der Waals surface area contributed by atoms with E-state index in [0.29, 0.717) is 42.3 Å². The van der Waals surface area contributed by atoms with E-state index in [4.69, 9.17) is 12.6 Å². The molecule has 1 aliphatic rings. The molecule has 7 heteroatoms. The van der Waals surface area contributed by atoms with E-state index in [1.54, 1.807) is 16.8 Å². The molecule has 2 aromatic heterocycles. The number of anilines is 1. The van der Waals surface area contributed by atoms with E-state index < -0.39 is 0 Å². The summed E-state index contributed by atoms with van der Waals surface area (Å²) in [6.07, 6.45) is 4.01. The van der Waals surface area contributed by atoms with Crippen molar-refractivity contribution >= 4 is 31.2 Å². The molecule has 0 N–H and O–H groups in total. The maximum atomic E-state index is 10.8. The van der Waals surface area contributed by atoms with Crippen molar-refractivity contribution < 1.29 is 9.53 Å². The zero-order valence-corrected chi connectivity index (χ0v) is 9.74. The minimum absolute atomic E-state index is 0.372. The largest absolute Gasteiger partial charge is 0.378 e. The molecule has 0 unspecified atom stereocenters. The van der Waals surface area contributed by atoms with E-state index in [0.717, 1.165) is 13.1 Å². The Morgan fingerprint density at radius 3 is 2.78 bits per heavy atom. The lowest BCUT2D eigenvalue weighted by molar-refractivity contribution is 0.111. The Balaban J connectivity index is 2.13. The number of carbonyl (C=O) groups excluding carboxylic acids is 1. The highest BCUT2D eigenvalue weighted by atomic mass is 16.5. The number of morpholine rings is 1. The molecule has 6 nitrogen and oxygen atoms in total. The second kappa shape index (κ2) is 4.42. The fourth-order valence-electron chi connectivity index (χ4n) is 2.06. The lowest BCUT2D eigenvalue weighted by Crippen LogP contribution is -2.38. The Hall–Kier alpha value is -1.89. The number of hydrogen-bond acceptors (Lipinski definition) is 5. The highest BCUT2D eigenvalue weighted by Gasteiger charge is 2.17. The number of aldehydes is 1. The van der Waals surface area contributed by atoms with E-state index >= 15 is 0 Å². The fraction of sp³-hybridized carbons (Fsp3) is 0.364. The van der Waals surface area contributed by atoms with Gasteiger partial charge in [-0.2, -0.15) is 0 Å². The minimum atomic E-state index is 0.372. The van der Waals surface area contributed by atoms with Gasteiger partial charge in [0.1, 0.15) is 13.5 Å². The molecule has 3 heterocycles. The molecular formula is C11H11BN4O2. The Kier molecular flexibility index (Phi) is 2.75. The van der Waals surface area contributed by atoms with Crippen molar-refractivity contribution in [2.45, 2.75) is 0 Å². The van der Waals surface area contributed by atoms with Crippen molar-refractivity contribution in [1.29, 1.82) is 0 Å². The summed E-state index contributed by atoms with van der Waals surface area (Å²) in [5, 5.41) is 0. The van der Waals surface area contributed by atoms with Crippen molar-refractivity contribution in [1.82, 2.24) is 14.4 Å². The van der Waals surface area contributed by atoms with Gasteiger partial charge >= 0.3 is 0 Å². The number of aromatic nitrogens is 3. The van der Waals surface area contributed by atoms with Crippen LogP contribution in [0.3, 0.4) is 0 Å². The third-order valence-electron chi connectivity index (χ3n) is 2.89. The van der Waals surface area contributed by atoms with Gasteiger partial charge in [0.15, 0.2) is 17.8 Å². The molecule has 18 heavy (non-hydrogen) atoms. The van der Waals surface area contributed by atoms with E-state index in [2.05, 4.69) is 14.9 Å². The lowest BCUT2D eigenvalue weighted by atomic mass is 10.1. The number of fused-ring (bicyclic) bond motifs is 1. The first-order chi connectivity index (χ1) is 8.78. The van der Waals surface area contributed by atoms with Gasteiger partial charge in [-0.05, 0) is 0 Å². The van der Waals surface area contributed by atoms with Crippen molar-refractivity contribution in [2.24, 2.45) is 0 Å². The molecule has 0 aromatic carbocycles. The summed E-state index contributed by atoms with van der Waals surface area (Å²) in [7, 11) is 5.78. The standard InChI is InChI=1S/C11H11BN4O2/c12-9-6-16-5-8(7-17)13-10(16)11(14-9)15-1-3-18-4-2-15/h5-7H,1-4H2. The highest BCUT2D eigenvalue weighted by Crippen LogP contribution is 2.18. The van der Waals surface area contributed by atoms with Crippen LogP contribution in [0.5, 0.6) is 0 Å². The average molecular weight is 242 g/mol. The predicted octanol–water partition coefficient (Wildman–Crippen LogP) is -0.828. The van der Waals surface area contributed by atoms with Crippen LogP contribution in [0, 0.1) is 0 Å². The van der Waals surface area contributed by atoms with Crippen LogP contribution in [-0.4, -0.2) is 54.8 Å². The zero-order valence-electron chi connectivity index (χ0n) is 9.74. The molecule has 3 rings (SSSR count). The fourth-order valence-corrected chi connectivity index (χ4v) is 2.06. The quantitative estimate of drug-likeness (QED) is 0.508. The number of carbonyl (C=O) groups is 1. The van der Waals surface area contributed by atoms with Gasteiger partial charge in [0.25, 0.3) is 0 Å². The monoisotopic (exact) mass is 242 g/mol. The minimum Gasteiger partial charge on any atom is -0.378 e. The van der Waals surface area contributed by atoms with Gasteiger partial charge in [-0.15, -0.1) is 0 Å². The van der Waals surface area contributed by atoms with Gasteiger partial charge in [-0.1, -0.05) is 0 Å². The van der Waals surface area contributed by atoms with Gasteiger partial charge < -0.3 is 14.0 Å². The normalized spacial score (nSPS) is 16.1. The van der Waals surface area contributed by atoms with E-state index in [1.807, 2.05) is 0 Å². The summed E-state index contributed by atoms with van der Waals surface area (Å²) in [5.41, 5.74) is 1.42. The Morgan fingerprint density at radius 1 is 1.28 bits per heavy atom. The van der Waals surface area contributed by atoms with Crippen molar-refractivity contribution in [3.63, 3.8) is 0 Å². The Morgan fingerprint density at radius 2 is 2.06 bits per heavy atom. The topological polar surface area (TPSA) is 59.7 Å². The first-order valence-corrected chi connectivity index (χ1v) is 5.71. The van der Waals surface area contributed by atoms with Crippen molar-refractivity contribution in [3.8, 4) is 0 Å². The number of ether oxygens (including phenoxy) is 1. The first-order valence-electron chi connectivity index (χ1n) is 5.71. The van der Waals surface area contributed by atoms with Gasteiger partial charge in [0.2, 0.25) is 0 Å². The third kappa shape index (κ3) is 1.86. The molecular weight excluding hydrogens is 231 g/mol. The molecule has 0 saturated carbocycles. The number of imidazole rings is 1. The van der Waals surface area contributed by atoms with Crippen LogP contribution >= 0.6 is 0 Å². The van der Waals surface area contributed by atoms with Crippen molar-refractivity contribution in [3.05, 3.63) is 18.1 Å². The van der Waals surface area contributed by atoms with Gasteiger partial charge in [0, 0.05) is 31.1 Å². The van der Waals surface area contributed by atoms with E-state index in [-0.39, 0.29) is 0 Å². The highest BCUT2D eigenvalue weighted by molar-refractivity contribution is 6.30. The summed E-state index contributed by atoms with van der Waals surface area (Å²) in [6.45, 7) is 2.80. The second-order valence-corrected chi connectivity index (χ2v) is 4.10. The van der Waals surface area contributed by atoms with Crippen molar-refractivity contribution in [2.75, 3.05) is 31.2 Å². The second-order valence-electron chi connectivity index (χ2n) is 4.10. The zero-order chi connectivity index (χ0) is 12.5. The summed E-state index contributed by atoms with van der Waals surface area (Å²) >= 11 is 0. The molecule has 0 bridgehead atoms. The Bertz CT molecular complexity index is 592. The molecule has 1 aliphatic heterocycles. The van der Waals surface area contributed by atoms with Crippen LogP contribution in [0.15, 0.2) is 12.4 Å². The summed E-state index contributed by atoms with van der Waals surface area (Å²) in [6, 6.07) is 0. The molecule has 0 atom stereocenters. The van der Waals surface area contributed by atoms with Gasteiger partial charge in [-0.25, -0.2) is 9.97 Å². The van der Waals surface area contributed by atoms with Crippen LogP contribution in [0.4, 0.5) is 5.82 Å². The SMILES string of the molecule is [B]c1cn2cc(C=O)nc2c(N2CCOCC2)n1. The van der Waals surface area contributed by atoms with Crippen LogP contribution in [0.2, 0.25) is 0 Å². The maximum absolute atomic E-state index is 10.8. The lowest BCUT2D eigenvalue weighted by Gasteiger charge is -2.28. The molecule has 1 saturated heterocycles. The maximum Gasteiger partial charge on any atom is 0.180 e. The molecule has 2 aromatic rings. The average Bonchev–Trinajstić information content (AvgIpc) is 2.81. The van der Waals surface area contributed by atoms with Crippen LogP contribution in [-0.2, 0) is 4.74 Å². The molecule has 0 amide bonds. The molecule has 90 valence electrons. The predicted molar refractivity (Wildman–Crippen MR) is 66.8 cm³/mol. The van der Waals surface area contributed by atoms with Gasteiger partial charge in [0.05, 0.1) is 13.2 Å². The van der Waals surface area contributed by atoms with E-state index in [1.165, 1.54) is 0 Å². The summed E-state index contributed by atoms with van der Waals surface area (Å²) < 4.78 is 7.04. The van der Waals surface area contributed by atoms with Crippen LogP contribution < -0.4 is 10.5 Å². The molecule has 2 radical (unpaired) electrons. The summed E-state index contributed by atoms with van der Waals surface area (Å²) in [5.74, 6) is 0.700. The van der Waals surface area contributed by atoms with Crippen LogP contribution in [0.1, 0.15) is 10.5 Å². The molecule has 0 spiro atoms. The first kappa shape index (κ1) is 11.2. The molecule has 0 aliphatic carbocycles. The van der Waals surface area contributed by atoms with Gasteiger partial charge in [-0.3, -0.25) is 4.79 Å². The molecule has 1 fully saturated rings. The third-order valence-corrected chi connectivity index (χ3v) is 2.89. The smallest absolute Gasteiger partial charge is 0.180 e. The number of hydrogen-bond donors (Lipinski definition) is 0. The van der Waals surface area contributed by atoms with E-state index in [9.17, 15) is 4.79 Å². The summed E-state index contributed by atoms with van der Waals surface area (Å²) in [4.78, 5) is 21.4. The van der Waals surface area contributed by atoms with Crippen LogP contribution in [0.25, 0.3) is 5.65 Å².